The molecule has 0 saturated heterocycles. The standard InChI is InChI=1S/C14H13NO2/c16-8-7-12-11-3-1-2-4-13(11)15-9-10(17)5-6-14(12)15/h1-4,8H,5-7,9H2. The van der Waals surface area contributed by atoms with Crippen LogP contribution in [0.4, 0.5) is 0 Å². The van der Waals surface area contributed by atoms with Crippen LogP contribution in [0.25, 0.3) is 10.9 Å². The van der Waals surface area contributed by atoms with Crippen molar-refractivity contribution in [1.82, 2.24) is 4.57 Å². The molecular weight excluding hydrogens is 214 g/mol. The maximum Gasteiger partial charge on any atom is 0.152 e. The summed E-state index contributed by atoms with van der Waals surface area (Å²) < 4.78 is 2.07. The Hall–Kier alpha value is -1.90. The van der Waals surface area contributed by atoms with Crippen LogP contribution in [0.3, 0.4) is 0 Å². The number of ketones is 1. The molecule has 17 heavy (non-hydrogen) atoms. The third-order valence-corrected chi connectivity index (χ3v) is 3.46. The molecule has 1 aromatic heterocycles. The van der Waals surface area contributed by atoms with E-state index < -0.39 is 0 Å². The van der Waals surface area contributed by atoms with Crippen molar-refractivity contribution in [3.8, 4) is 0 Å². The van der Waals surface area contributed by atoms with Crippen molar-refractivity contribution >= 4 is 23.0 Å². The summed E-state index contributed by atoms with van der Waals surface area (Å²) >= 11 is 0. The van der Waals surface area contributed by atoms with E-state index in [1.807, 2.05) is 24.3 Å². The van der Waals surface area contributed by atoms with E-state index in [1.165, 1.54) is 0 Å². The van der Waals surface area contributed by atoms with Gasteiger partial charge in [-0.3, -0.25) is 4.79 Å². The highest BCUT2D eigenvalue weighted by atomic mass is 16.1. The molecule has 0 saturated carbocycles. The molecule has 0 fully saturated rings. The number of Topliss-reactive ketones (excluding diaryl/α,β-unsaturated/α-hetero) is 1. The van der Waals surface area contributed by atoms with E-state index >= 15 is 0 Å². The second-order valence-corrected chi connectivity index (χ2v) is 4.44. The van der Waals surface area contributed by atoms with Gasteiger partial charge in [0, 0.05) is 29.4 Å². The molecule has 0 atom stereocenters. The number of fused-ring (bicyclic) bond motifs is 3. The molecule has 3 rings (SSSR count). The van der Waals surface area contributed by atoms with Crippen molar-refractivity contribution in [3.63, 3.8) is 0 Å². The summed E-state index contributed by atoms with van der Waals surface area (Å²) in [5.74, 6) is 0.274. The monoisotopic (exact) mass is 227 g/mol. The van der Waals surface area contributed by atoms with E-state index in [0.717, 1.165) is 34.9 Å². The first-order valence-electron chi connectivity index (χ1n) is 5.85. The number of rotatable bonds is 2. The van der Waals surface area contributed by atoms with Crippen LogP contribution in [0.15, 0.2) is 24.3 Å². The molecule has 0 N–H and O–H groups in total. The lowest BCUT2D eigenvalue weighted by atomic mass is 10.0. The third kappa shape index (κ3) is 1.50. The van der Waals surface area contributed by atoms with Gasteiger partial charge < -0.3 is 9.36 Å². The number of hydrogen-bond acceptors (Lipinski definition) is 2. The van der Waals surface area contributed by atoms with E-state index in [0.29, 0.717) is 19.4 Å². The summed E-state index contributed by atoms with van der Waals surface area (Å²) in [6, 6.07) is 8.00. The van der Waals surface area contributed by atoms with Crippen molar-refractivity contribution in [1.29, 1.82) is 0 Å². The van der Waals surface area contributed by atoms with Gasteiger partial charge in [0.2, 0.25) is 0 Å². The van der Waals surface area contributed by atoms with Gasteiger partial charge in [0.15, 0.2) is 5.78 Å². The van der Waals surface area contributed by atoms with Gasteiger partial charge in [0.05, 0.1) is 6.54 Å². The largest absolute Gasteiger partial charge is 0.337 e. The van der Waals surface area contributed by atoms with Crippen molar-refractivity contribution in [2.75, 3.05) is 0 Å². The Bertz CT molecular complexity index is 577. The fourth-order valence-corrected chi connectivity index (χ4v) is 2.72. The zero-order chi connectivity index (χ0) is 11.8. The lowest BCUT2D eigenvalue weighted by molar-refractivity contribution is -0.120. The van der Waals surface area contributed by atoms with Crippen molar-refractivity contribution in [2.45, 2.75) is 25.8 Å². The highest BCUT2D eigenvalue weighted by molar-refractivity contribution is 5.91. The van der Waals surface area contributed by atoms with Gasteiger partial charge in [-0.2, -0.15) is 0 Å². The Morgan fingerprint density at radius 3 is 2.88 bits per heavy atom. The predicted octanol–water partition coefficient (Wildman–Crippen LogP) is 1.90. The fraction of sp³-hybridized carbons (Fsp3) is 0.286. The SMILES string of the molecule is O=CCc1c2n(c3ccccc13)CC(=O)CC2. The highest BCUT2D eigenvalue weighted by Crippen LogP contribution is 2.29. The van der Waals surface area contributed by atoms with Crippen molar-refractivity contribution in [2.24, 2.45) is 0 Å². The van der Waals surface area contributed by atoms with Crippen LogP contribution in [0, 0.1) is 0 Å². The number of nitrogens with zero attached hydrogens (tertiary/aromatic N) is 1. The van der Waals surface area contributed by atoms with Gasteiger partial charge in [-0.15, -0.1) is 0 Å². The molecule has 3 nitrogen and oxygen atoms in total. The Labute approximate surface area is 99.0 Å². The molecule has 0 unspecified atom stereocenters. The number of carbonyl (C=O) groups excluding carboxylic acids is 2. The topological polar surface area (TPSA) is 39.1 Å². The van der Waals surface area contributed by atoms with Crippen LogP contribution >= 0.6 is 0 Å². The number of aromatic nitrogens is 1. The summed E-state index contributed by atoms with van der Waals surface area (Å²) in [5, 5.41) is 1.12. The number of para-hydroxylation sites is 1. The minimum atomic E-state index is 0.274. The Kier molecular flexibility index (Phi) is 2.32. The zero-order valence-electron chi connectivity index (χ0n) is 9.48. The van der Waals surface area contributed by atoms with E-state index in [-0.39, 0.29) is 5.78 Å². The van der Waals surface area contributed by atoms with Crippen LogP contribution in [0.5, 0.6) is 0 Å². The first-order chi connectivity index (χ1) is 8.31. The molecule has 2 heterocycles. The van der Waals surface area contributed by atoms with Crippen LogP contribution in [-0.4, -0.2) is 16.6 Å². The van der Waals surface area contributed by atoms with Gasteiger partial charge in [-0.25, -0.2) is 0 Å². The van der Waals surface area contributed by atoms with Crippen molar-refractivity contribution < 1.29 is 9.59 Å². The van der Waals surface area contributed by atoms with Gasteiger partial charge in [0.1, 0.15) is 6.29 Å². The Balaban J connectivity index is 2.31. The van der Waals surface area contributed by atoms with Gasteiger partial charge in [-0.05, 0) is 18.1 Å². The molecule has 1 aliphatic rings. The minimum Gasteiger partial charge on any atom is -0.337 e. The first-order valence-corrected chi connectivity index (χ1v) is 5.85. The molecular formula is C14H13NO2. The average molecular weight is 227 g/mol. The molecule has 0 bridgehead atoms. The smallest absolute Gasteiger partial charge is 0.152 e. The number of hydrogen-bond donors (Lipinski definition) is 0. The highest BCUT2D eigenvalue weighted by Gasteiger charge is 2.22. The van der Waals surface area contributed by atoms with Crippen molar-refractivity contribution in [3.05, 3.63) is 35.5 Å². The Morgan fingerprint density at radius 1 is 1.24 bits per heavy atom. The summed E-state index contributed by atoms with van der Waals surface area (Å²) in [7, 11) is 0. The van der Waals surface area contributed by atoms with E-state index in [4.69, 9.17) is 0 Å². The predicted molar refractivity (Wildman–Crippen MR) is 65.0 cm³/mol. The fourth-order valence-electron chi connectivity index (χ4n) is 2.72. The molecule has 0 radical (unpaired) electrons. The molecule has 86 valence electrons. The van der Waals surface area contributed by atoms with Gasteiger partial charge >= 0.3 is 0 Å². The maximum absolute atomic E-state index is 11.5. The summed E-state index contributed by atoms with van der Waals surface area (Å²) in [6.07, 6.45) is 2.74. The lowest BCUT2D eigenvalue weighted by Crippen LogP contribution is -2.19. The summed E-state index contributed by atoms with van der Waals surface area (Å²) in [5.41, 5.74) is 3.34. The summed E-state index contributed by atoms with van der Waals surface area (Å²) in [6.45, 7) is 0.453. The normalized spacial score (nSPS) is 14.9. The Morgan fingerprint density at radius 2 is 2.06 bits per heavy atom. The second kappa shape index (κ2) is 3.84. The van der Waals surface area contributed by atoms with E-state index in [9.17, 15) is 9.59 Å². The molecule has 3 heteroatoms. The molecule has 0 spiro atoms. The molecule has 1 aliphatic heterocycles. The molecule has 1 aromatic carbocycles. The van der Waals surface area contributed by atoms with E-state index in [1.54, 1.807) is 0 Å². The number of aldehydes is 1. The first kappa shape index (κ1) is 10.3. The molecule has 2 aromatic rings. The minimum absolute atomic E-state index is 0.274. The third-order valence-electron chi connectivity index (χ3n) is 3.46. The zero-order valence-corrected chi connectivity index (χ0v) is 9.48. The van der Waals surface area contributed by atoms with E-state index in [2.05, 4.69) is 4.57 Å². The average Bonchev–Trinajstić information content (AvgIpc) is 2.65. The van der Waals surface area contributed by atoms with Gasteiger partial charge in [-0.1, -0.05) is 18.2 Å². The molecule has 0 amide bonds. The van der Waals surface area contributed by atoms with Crippen LogP contribution in [0.2, 0.25) is 0 Å². The lowest BCUT2D eigenvalue weighted by Gasteiger charge is -2.16. The van der Waals surface area contributed by atoms with Crippen LogP contribution < -0.4 is 0 Å². The quantitative estimate of drug-likeness (QED) is 0.735. The number of carbonyl (C=O) groups is 2. The van der Waals surface area contributed by atoms with Gasteiger partial charge in [0.25, 0.3) is 0 Å². The summed E-state index contributed by atoms with van der Waals surface area (Å²) in [4.78, 5) is 22.3. The maximum atomic E-state index is 11.5. The molecule has 0 aliphatic carbocycles. The van der Waals surface area contributed by atoms with Crippen LogP contribution in [-0.2, 0) is 29.0 Å². The number of benzene rings is 1. The second-order valence-electron chi connectivity index (χ2n) is 4.44. The van der Waals surface area contributed by atoms with Crippen LogP contribution in [0.1, 0.15) is 17.7 Å².